The molecule has 2 aliphatic heterocycles. The van der Waals surface area contributed by atoms with Crippen LogP contribution in [-0.2, 0) is 9.53 Å². The van der Waals surface area contributed by atoms with Crippen LogP contribution in [0.1, 0.15) is 31.0 Å². The van der Waals surface area contributed by atoms with Gasteiger partial charge in [0.05, 0.1) is 30.5 Å². The van der Waals surface area contributed by atoms with Gasteiger partial charge >= 0.3 is 0 Å². The average molecular weight is 488 g/mol. The van der Waals surface area contributed by atoms with Gasteiger partial charge in [-0.15, -0.1) is 0 Å². The van der Waals surface area contributed by atoms with Gasteiger partial charge in [0.2, 0.25) is 17.8 Å². The number of benzene rings is 1. The summed E-state index contributed by atoms with van der Waals surface area (Å²) >= 11 is 0. The van der Waals surface area contributed by atoms with Gasteiger partial charge in [0.1, 0.15) is 0 Å². The molecule has 1 N–H and O–H groups in total. The van der Waals surface area contributed by atoms with Gasteiger partial charge in [-0.1, -0.05) is 12.1 Å². The highest BCUT2D eigenvalue weighted by molar-refractivity contribution is 6.03. The van der Waals surface area contributed by atoms with Crippen molar-refractivity contribution in [3.63, 3.8) is 0 Å². The normalized spacial score (nSPS) is 17.2. The molecule has 2 fully saturated rings. The minimum absolute atomic E-state index is 0.0799. The van der Waals surface area contributed by atoms with E-state index in [9.17, 15) is 9.59 Å². The van der Waals surface area contributed by atoms with E-state index >= 15 is 0 Å². The first-order chi connectivity index (χ1) is 17.6. The monoisotopic (exact) mass is 487 g/mol. The van der Waals surface area contributed by atoms with Crippen molar-refractivity contribution in [3.05, 3.63) is 36.7 Å². The van der Waals surface area contributed by atoms with Gasteiger partial charge in [0.25, 0.3) is 0 Å². The summed E-state index contributed by atoms with van der Waals surface area (Å²) in [6.45, 7) is 5.59. The fraction of sp³-hybridized carbons (Fsp3) is 0.423. The maximum Gasteiger partial charge on any atom is 0.249 e. The summed E-state index contributed by atoms with van der Waals surface area (Å²) in [6, 6.07) is 8.11. The number of carbonyl (C=O) groups is 2. The van der Waals surface area contributed by atoms with Gasteiger partial charge in [-0.25, -0.2) is 4.98 Å². The molecule has 5 heterocycles. The molecular weight excluding hydrogens is 458 g/mol. The molecule has 1 amide bonds. The Bertz CT molecular complexity index is 1430. The number of fused-ring (bicyclic) bond motifs is 2. The molecule has 10 heteroatoms. The number of rotatable bonds is 4. The third-order valence-electron chi connectivity index (χ3n) is 7.32. The van der Waals surface area contributed by atoms with E-state index in [-0.39, 0.29) is 17.7 Å². The van der Waals surface area contributed by atoms with Crippen molar-refractivity contribution >= 4 is 39.7 Å². The molecule has 0 aliphatic carbocycles. The lowest BCUT2D eigenvalue weighted by molar-refractivity contribution is -0.130. The first-order valence-corrected chi connectivity index (χ1v) is 12.5. The van der Waals surface area contributed by atoms with Gasteiger partial charge in [-0.05, 0) is 30.9 Å². The summed E-state index contributed by atoms with van der Waals surface area (Å²) < 4.78 is 6.97. The zero-order chi connectivity index (χ0) is 24.6. The van der Waals surface area contributed by atoms with Crippen LogP contribution < -0.4 is 4.90 Å². The zero-order valence-corrected chi connectivity index (χ0v) is 20.3. The first-order valence-electron chi connectivity index (χ1n) is 12.5. The van der Waals surface area contributed by atoms with Crippen molar-refractivity contribution in [1.82, 2.24) is 29.6 Å². The SMILES string of the molecule is CC(=O)N1CCC(CC(=O)n2ncc3c(-c4cccc5[nH]ccc45)nc(N4CCOCC4)nc32)CC1. The van der Waals surface area contributed by atoms with Crippen molar-refractivity contribution in [2.75, 3.05) is 44.3 Å². The molecule has 6 rings (SSSR count). The summed E-state index contributed by atoms with van der Waals surface area (Å²) in [4.78, 5) is 42.1. The summed E-state index contributed by atoms with van der Waals surface area (Å²) in [7, 11) is 0. The molecule has 186 valence electrons. The molecule has 2 saturated heterocycles. The largest absolute Gasteiger partial charge is 0.378 e. The highest BCUT2D eigenvalue weighted by Gasteiger charge is 2.26. The van der Waals surface area contributed by atoms with Crippen molar-refractivity contribution in [2.45, 2.75) is 26.2 Å². The van der Waals surface area contributed by atoms with Crippen molar-refractivity contribution in [3.8, 4) is 11.3 Å². The number of likely N-dealkylation sites (tertiary alicyclic amines) is 1. The third kappa shape index (κ3) is 4.11. The van der Waals surface area contributed by atoms with E-state index < -0.39 is 0 Å². The number of piperidine rings is 1. The molecule has 0 spiro atoms. The molecule has 0 atom stereocenters. The minimum atomic E-state index is -0.0799. The van der Waals surface area contributed by atoms with E-state index in [0.717, 1.165) is 40.4 Å². The van der Waals surface area contributed by atoms with Crippen LogP contribution >= 0.6 is 0 Å². The van der Waals surface area contributed by atoms with Crippen LogP contribution in [0.25, 0.3) is 33.2 Å². The molecule has 2 aliphatic rings. The lowest BCUT2D eigenvalue weighted by Crippen LogP contribution is -2.38. The van der Waals surface area contributed by atoms with Crippen LogP contribution in [0, 0.1) is 5.92 Å². The van der Waals surface area contributed by atoms with Crippen LogP contribution in [0.15, 0.2) is 36.7 Å². The Kier molecular flexibility index (Phi) is 5.88. The Hall–Kier alpha value is -3.79. The number of hydrogen-bond donors (Lipinski definition) is 1. The molecule has 10 nitrogen and oxygen atoms in total. The maximum absolute atomic E-state index is 13.4. The van der Waals surface area contributed by atoms with Gasteiger partial charge in [-0.3, -0.25) is 9.59 Å². The molecule has 0 saturated carbocycles. The summed E-state index contributed by atoms with van der Waals surface area (Å²) in [5.74, 6) is 0.817. The Balaban J connectivity index is 1.39. The Morgan fingerprint density at radius 1 is 1.06 bits per heavy atom. The molecular formula is C26H29N7O3. The number of carbonyl (C=O) groups excluding carboxylic acids is 2. The fourth-order valence-electron chi connectivity index (χ4n) is 5.27. The maximum atomic E-state index is 13.4. The second kappa shape index (κ2) is 9.34. The number of aromatic amines is 1. The van der Waals surface area contributed by atoms with Crippen LogP contribution in [0.4, 0.5) is 5.95 Å². The Morgan fingerprint density at radius 2 is 1.86 bits per heavy atom. The van der Waals surface area contributed by atoms with Gasteiger partial charge in [-0.2, -0.15) is 14.8 Å². The van der Waals surface area contributed by atoms with Gasteiger partial charge in [0, 0.05) is 62.2 Å². The number of hydrogen-bond acceptors (Lipinski definition) is 7. The van der Waals surface area contributed by atoms with Crippen molar-refractivity contribution in [2.24, 2.45) is 5.92 Å². The molecule has 3 aromatic heterocycles. The number of morpholine rings is 1. The fourth-order valence-corrected chi connectivity index (χ4v) is 5.27. The van der Waals surface area contributed by atoms with E-state index in [2.05, 4.69) is 15.0 Å². The highest BCUT2D eigenvalue weighted by atomic mass is 16.5. The summed E-state index contributed by atoms with van der Waals surface area (Å²) in [5, 5.41) is 6.30. The quantitative estimate of drug-likeness (QED) is 0.471. The van der Waals surface area contributed by atoms with Crippen LogP contribution in [-0.4, -0.2) is 80.8 Å². The predicted molar refractivity (Wildman–Crippen MR) is 136 cm³/mol. The summed E-state index contributed by atoms with van der Waals surface area (Å²) in [6.07, 6.45) is 5.63. The van der Waals surface area contributed by atoms with Crippen LogP contribution in [0.2, 0.25) is 0 Å². The number of nitrogens with zero attached hydrogens (tertiary/aromatic N) is 6. The number of nitrogens with one attached hydrogen (secondary N) is 1. The Morgan fingerprint density at radius 3 is 2.64 bits per heavy atom. The standard InChI is InChI=1S/C26H29N7O3/c1-17(34)31-9-6-18(7-10-31)15-23(35)33-25-21(16-28-33)24(20-3-2-4-22-19(20)5-8-27-22)29-26(30-25)32-11-13-36-14-12-32/h2-5,8,16,18,27H,6-7,9-15H2,1H3. The van der Waals surface area contributed by atoms with Crippen LogP contribution in [0.3, 0.4) is 0 Å². The number of ether oxygens (including phenoxy) is 1. The molecule has 4 aromatic rings. The van der Waals surface area contributed by atoms with E-state index in [1.807, 2.05) is 35.4 Å². The topological polar surface area (TPSA) is 109 Å². The highest BCUT2D eigenvalue weighted by Crippen LogP contribution is 2.33. The average Bonchev–Trinajstić information content (AvgIpc) is 3.56. The lowest BCUT2D eigenvalue weighted by atomic mass is 9.93. The first kappa shape index (κ1) is 22.7. The third-order valence-corrected chi connectivity index (χ3v) is 7.32. The molecule has 0 radical (unpaired) electrons. The predicted octanol–water partition coefficient (Wildman–Crippen LogP) is 3.10. The lowest BCUT2D eigenvalue weighted by Gasteiger charge is -2.30. The summed E-state index contributed by atoms with van der Waals surface area (Å²) in [5.41, 5.74) is 3.28. The molecule has 0 unspecified atom stereocenters. The number of aromatic nitrogens is 5. The number of amides is 1. The number of anilines is 1. The zero-order valence-electron chi connectivity index (χ0n) is 20.3. The van der Waals surface area contributed by atoms with Gasteiger partial charge in [0.15, 0.2) is 5.65 Å². The second-order valence-corrected chi connectivity index (χ2v) is 9.56. The van der Waals surface area contributed by atoms with E-state index in [1.54, 1.807) is 13.1 Å². The molecule has 36 heavy (non-hydrogen) atoms. The van der Waals surface area contributed by atoms with Crippen molar-refractivity contribution < 1.29 is 14.3 Å². The Labute approximate surface area is 208 Å². The van der Waals surface area contributed by atoms with E-state index in [0.29, 0.717) is 57.4 Å². The minimum Gasteiger partial charge on any atom is -0.378 e. The second-order valence-electron chi connectivity index (χ2n) is 9.56. The van der Waals surface area contributed by atoms with Gasteiger partial charge < -0.3 is 19.5 Å². The number of H-pyrrole nitrogens is 1. The smallest absolute Gasteiger partial charge is 0.249 e. The van der Waals surface area contributed by atoms with E-state index in [4.69, 9.17) is 14.7 Å². The van der Waals surface area contributed by atoms with Crippen molar-refractivity contribution in [1.29, 1.82) is 0 Å². The van der Waals surface area contributed by atoms with Crippen LogP contribution in [0.5, 0.6) is 0 Å². The molecule has 1 aromatic carbocycles. The molecule has 0 bridgehead atoms. The van der Waals surface area contributed by atoms with E-state index in [1.165, 1.54) is 4.68 Å².